The number of nitro benzene ring substituents is 1. The molecule has 1 aromatic heterocycles. The van der Waals surface area contributed by atoms with Crippen molar-refractivity contribution in [2.24, 2.45) is 0 Å². The molecule has 2 aromatic rings. The standard InChI is InChI=1S/C17H21ClN6O5/c1-22(2)5-6-23(3)12-8-14(29-4)11(7-13(12)24(27)28)20-17-19-9-10(16(25)26)15(18)21-17/h7-9H,5-6H2,1-4H3,(H,25,26)(H,19,20,21). The zero-order valence-electron chi connectivity index (χ0n) is 16.3. The van der Waals surface area contributed by atoms with Crippen LogP contribution in [0.1, 0.15) is 10.4 Å². The van der Waals surface area contributed by atoms with Gasteiger partial charge in [-0.1, -0.05) is 11.6 Å². The second-order valence-electron chi connectivity index (χ2n) is 6.35. The summed E-state index contributed by atoms with van der Waals surface area (Å²) >= 11 is 5.85. The molecule has 156 valence electrons. The molecule has 1 heterocycles. The fraction of sp³-hybridized carbons (Fsp3) is 0.353. The summed E-state index contributed by atoms with van der Waals surface area (Å²) in [4.78, 5) is 33.6. The van der Waals surface area contributed by atoms with Gasteiger partial charge >= 0.3 is 5.97 Å². The smallest absolute Gasteiger partial charge is 0.340 e. The zero-order valence-corrected chi connectivity index (χ0v) is 17.1. The minimum absolute atomic E-state index is 0.0266. The van der Waals surface area contributed by atoms with Crippen molar-refractivity contribution in [1.82, 2.24) is 14.9 Å². The van der Waals surface area contributed by atoms with Crippen LogP contribution in [0.5, 0.6) is 5.75 Å². The number of likely N-dealkylation sites (N-methyl/N-ethyl adjacent to an activating group) is 2. The van der Waals surface area contributed by atoms with Crippen LogP contribution in [0.2, 0.25) is 5.15 Å². The third kappa shape index (κ3) is 5.42. The first-order valence-electron chi connectivity index (χ1n) is 8.39. The number of carboxylic acids is 1. The van der Waals surface area contributed by atoms with Crippen molar-refractivity contribution in [2.75, 3.05) is 51.6 Å². The van der Waals surface area contributed by atoms with Crippen molar-refractivity contribution < 1.29 is 19.6 Å². The SMILES string of the molecule is COc1cc(N(C)CCN(C)C)c([N+](=O)[O-])cc1Nc1ncc(C(=O)O)c(Cl)n1. The van der Waals surface area contributed by atoms with E-state index in [9.17, 15) is 14.9 Å². The van der Waals surface area contributed by atoms with Crippen LogP contribution < -0.4 is 15.0 Å². The number of hydrogen-bond donors (Lipinski definition) is 2. The van der Waals surface area contributed by atoms with Gasteiger partial charge < -0.3 is 25.0 Å². The Kier molecular flexibility index (Phi) is 7.13. The van der Waals surface area contributed by atoms with Gasteiger partial charge in [0, 0.05) is 38.5 Å². The molecule has 1 aromatic carbocycles. The van der Waals surface area contributed by atoms with E-state index in [1.54, 1.807) is 18.0 Å². The normalized spacial score (nSPS) is 10.7. The van der Waals surface area contributed by atoms with Gasteiger partial charge in [0.25, 0.3) is 5.69 Å². The van der Waals surface area contributed by atoms with Crippen LogP contribution in [0.15, 0.2) is 18.3 Å². The third-order valence-corrected chi connectivity index (χ3v) is 4.29. The molecule has 2 rings (SSSR count). The molecule has 2 N–H and O–H groups in total. The number of aromatic carboxylic acids is 1. The van der Waals surface area contributed by atoms with Gasteiger partial charge in [0.05, 0.1) is 17.7 Å². The monoisotopic (exact) mass is 424 g/mol. The van der Waals surface area contributed by atoms with Gasteiger partial charge in [0.2, 0.25) is 5.95 Å². The lowest BCUT2D eigenvalue weighted by Crippen LogP contribution is -2.28. The highest BCUT2D eigenvalue weighted by molar-refractivity contribution is 6.32. The molecule has 0 atom stereocenters. The minimum Gasteiger partial charge on any atom is -0.494 e. The highest BCUT2D eigenvalue weighted by atomic mass is 35.5. The first kappa shape index (κ1) is 22.1. The van der Waals surface area contributed by atoms with Gasteiger partial charge in [-0.05, 0) is 14.1 Å². The Labute approximate surface area is 172 Å². The summed E-state index contributed by atoms with van der Waals surface area (Å²) in [6.45, 7) is 1.28. The predicted molar refractivity (Wildman–Crippen MR) is 109 cm³/mol. The van der Waals surface area contributed by atoms with Crippen molar-refractivity contribution in [3.63, 3.8) is 0 Å². The lowest BCUT2D eigenvalue weighted by Gasteiger charge is -2.22. The van der Waals surface area contributed by atoms with Crippen LogP contribution in [0.3, 0.4) is 0 Å². The number of aromatic nitrogens is 2. The first-order valence-corrected chi connectivity index (χ1v) is 8.77. The van der Waals surface area contributed by atoms with Crippen LogP contribution in [0.25, 0.3) is 0 Å². The number of rotatable bonds is 9. The summed E-state index contributed by atoms with van der Waals surface area (Å²) in [5.41, 5.74) is 0.235. The fourth-order valence-electron chi connectivity index (χ4n) is 2.43. The summed E-state index contributed by atoms with van der Waals surface area (Å²) in [5.74, 6) is -0.967. The Hall–Kier alpha value is -3.18. The summed E-state index contributed by atoms with van der Waals surface area (Å²) < 4.78 is 5.36. The van der Waals surface area contributed by atoms with Crippen molar-refractivity contribution in [1.29, 1.82) is 0 Å². The van der Waals surface area contributed by atoms with E-state index in [1.165, 1.54) is 13.2 Å². The van der Waals surface area contributed by atoms with Crippen LogP contribution >= 0.6 is 11.6 Å². The number of anilines is 3. The van der Waals surface area contributed by atoms with Gasteiger partial charge in [0.1, 0.15) is 22.2 Å². The number of benzene rings is 1. The molecule has 0 aliphatic heterocycles. The molecule has 0 aliphatic rings. The molecular formula is C17H21ClN6O5. The summed E-state index contributed by atoms with van der Waals surface area (Å²) in [5, 5.41) is 23.1. The number of nitro groups is 1. The highest BCUT2D eigenvalue weighted by Crippen LogP contribution is 2.38. The molecule has 11 nitrogen and oxygen atoms in total. The molecule has 29 heavy (non-hydrogen) atoms. The lowest BCUT2D eigenvalue weighted by molar-refractivity contribution is -0.384. The van der Waals surface area contributed by atoms with Gasteiger partial charge in [-0.3, -0.25) is 10.1 Å². The van der Waals surface area contributed by atoms with E-state index in [0.717, 1.165) is 6.20 Å². The number of nitrogens with zero attached hydrogens (tertiary/aromatic N) is 5. The minimum atomic E-state index is -1.26. The first-order chi connectivity index (χ1) is 13.6. The van der Waals surface area contributed by atoms with E-state index in [0.29, 0.717) is 24.5 Å². The van der Waals surface area contributed by atoms with E-state index in [4.69, 9.17) is 21.4 Å². The number of methoxy groups -OCH3 is 1. The fourth-order valence-corrected chi connectivity index (χ4v) is 2.64. The molecule has 0 saturated carbocycles. The summed E-state index contributed by atoms with van der Waals surface area (Å²) in [7, 11) is 7.01. The van der Waals surface area contributed by atoms with E-state index in [1.807, 2.05) is 19.0 Å². The van der Waals surface area contributed by atoms with Gasteiger partial charge in [0.15, 0.2) is 0 Å². The van der Waals surface area contributed by atoms with E-state index in [-0.39, 0.29) is 28.0 Å². The molecule has 12 heteroatoms. The number of halogens is 1. The average molecular weight is 425 g/mol. The van der Waals surface area contributed by atoms with Crippen LogP contribution in [0.4, 0.5) is 23.0 Å². The molecule has 0 amide bonds. The molecule has 0 spiro atoms. The molecule has 0 radical (unpaired) electrons. The quantitative estimate of drug-likeness (QED) is 0.351. The molecule has 0 bridgehead atoms. The van der Waals surface area contributed by atoms with E-state index in [2.05, 4.69) is 15.3 Å². The molecule has 0 aliphatic carbocycles. The Morgan fingerprint density at radius 3 is 2.55 bits per heavy atom. The second-order valence-corrected chi connectivity index (χ2v) is 6.71. The van der Waals surface area contributed by atoms with Gasteiger partial charge in [-0.15, -0.1) is 0 Å². The highest BCUT2D eigenvalue weighted by Gasteiger charge is 2.22. The largest absolute Gasteiger partial charge is 0.494 e. The van der Waals surface area contributed by atoms with Crippen LogP contribution in [-0.4, -0.2) is 72.2 Å². The maximum atomic E-state index is 11.6. The van der Waals surface area contributed by atoms with Crippen molar-refractivity contribution in [3.8, 4) is 5.75 Å². The third-order valence-electron chi connectivity index (χ3n) is 4.01. The Morgan fingerprint density at radius 1 is 1.34 bits per heavy atom. The molecule has 0 unspecified atom stereocenters. The van der Waals surface area contributed by atoms with Crippen molar-refractivity contribution in [3.05, 3.63) is 39.2 Å². The maximum Gasteiger partial charge on any atom is 0.340 e. The number of carbonyl (C=O) groups is 1. The van der Waals surface area contributed by atoms with E-state index < -0.39 is 10.9 Å². The molecular weight excluding hydrogens is 404 g/mol. The van der Waals surface area contributed by atoms with E-state index >= 15 is 0 Å². The van der Waals surface area contributed by atoms with Gasteiger partial charge in [-0.25, -0.2) is 9.78 Å². The number of carboxylic acid groups (broad SMARTS) is 1. The number of nitrogens with one attached hydrogen (secondary N) is 1. The van der Waals surface area contributed by atoms with Crippen molar-refractivity contribution in [2.45, 2.75) is 0 Å². The lowest BCUT2D eigenvalue weighted by atomic mass is 10.2. The Morgan fingerprint density at radius 2 is 2.03 bits per heavy atom. The molecule has 0 saturated heterocycles. The van der Waals surface area contributed by atoms with Gasteiger partial charge in [-0.2, -0.15) is 4.98 Å². The van der Waals surface area contributed by atoms with Crippen LogP contribution in [0, 0.1) is 10.1 Å². The summed E-state index contributed by atoms with van der Waals surface area (Å²) in [6.07, 6.45) is 1.05. The second kappa shape index (κ2) is 9.34. The number of hydrogen-bond acceptors (Lipinski definition) is 9. The zero-order chi connectivity index (χ0) is 21.7. The maximum absolute atomic E-state index is 11.6. The summed E-state index contributed by atoms with van der Waals surface area (Å²) in [6, 6.07) is 2.85. The Balaban J connectivity index is 2.42. The van der Waals surface area contributed by atoms with Crippen LogP contribution in [-0.2, 0) is 0 Å². The topological polar surface area (TPSA) is 134 Å². The predicted octanol–water partition coefficient (Wildman–Crippen LogP) is 2.49. The Bertz CT molecular complexity index is 923. The average Bonchev–Trinajstić information content (AvgIpc) is 2.65. The molecule has 0 fully saturated rings. The van der Waals surface area contributed by atoms with Crippen molar-refractivity contribution >= 4 is 40.6 Å². The number of ether oxygens (including phenoxy) is 1.